The van der Waals surface area contributed by atoms with Crippen LogP contribution in [0.5, 0.6) is 0 Å². The molecular weight excluding hydrogens is 346 g/mol. The molecule has 0 saturated heterocycles. The third-order valence-electron chi connectivity index (χ3n) is 4.35. The predicted molar refractivity (Wildman–Crippen MR) is 100 cm³/mol. The van der Waals surface area contributed by atoms with Crippen molar-refractivity contribution in [3.05, 3.63) is 64.2 Å². The number of aryl methyl sites for hydroxylation is 3. The van der Waals surface area contributed by atoms with Crippen molar-refractivity contribution in [1.29, 1.82) is 0 Å². The minimum absolute atomic E-state index is 0.130. The number of rotatable bonds is 5. The summed E-state index contributed by atoms with van der Waals surface area (Å²) >= 11 is 0. The summed E-state index contributed by atoms with van der Waals surface area (Å²) in [4.78, 5) is 23.9. The Morgan fingerprint density at radius 2 is 1.78 bits per heavy atom. The molecule has 8 nitrogen and oxygen atoms in total. The molecule has 0 aliphatic carbocycles. The molecule has 140 valence electrons. The number of aromatic nitrogens is 4. The average Bonchev–Trinajstić information content (AvgIpc) is 3.12. The van der Waals surface area contributed by atoms with E-state index in [4.69, 9.17) is 0 Å². The van der Waals surface area contributed by atoms with Crippen molar-refractivity contribution in [3.8, 4) is 0 Å². The van der Waals surface area contributed by atoms with Gasteiger partial charge in [-0.3, -0.25) is 14.2 Å². The topological polar surface area (TPSA) is 102 Å². The van der Waals surface area contributed by atoms with Gasteiger partial charge in [0.2, 0.25) is 0 Å². The van der Waals surface area contributed by atoms with Crippen molar-refractivity contribution in [2.75, 3.05) is 5.32 Å². The summed E-state index contributed by atoms with van der Waals surface area (Å²) in [6.45, 7) is 6.27. The summed E-state index contributed by atoms with van der Waals surface area (Å²) in [5, 5.41) is 20.5. The Kier molecular flexibility index (Phi) is 4.81. The van der Waals surface area contributed by atoms with Gasteiger partial charge in [-0.1, -0.05) is 29.8 Å². The van der Waals surface area contributed by atoms with Crippen LogP contribution in [-0.2, 0) is 13.6 Å². The molecule has 2 aromatic heterocycles. The van der Waals surface area contributed by atoms with Crippen LogP contribution in [0.2, 0.25) is 0 Å². The standard InChI is InChI=1S/C19H21N5O3/c1-11-5-7-14(8-6-11)9-24-13(3)16(12(2)21-24)20-18(25)17-15(19(26)27)10-23(4)22-17/h5-8,10H,9H2,1-4H3,(H,20,25)(H,26,27). The molecule has 8 heteroatoms. The van der Waals surface area contributed by atoms with Gasteiger partial charge >= 0.3 is 5.97 Å². The smallest absolute Gasteiger partial charge is 0.339 e. The molecule has 0 saturated carbocycles. The van der Waals surface area contributed by atoms with Crippen LogP contribution in [0, 0.1) is 20.8 Å². The van der Waals surface area contributed by atoms with E-state index >= 15 is 0 Å². The zero-order chi connectivity index (χ0) is 19.7. The Bertz CT molecular complexity index is 1010. The lowest BCUT2D eigenvalue weighted by Crippen LogP contribution is -2.17. The van der Waals surface area contributed by atoms with Gasteiger partial charge in [0.25, 0.3) is 5.91 Å². The summed E-state index contributed by atoms with van der Waals surface area (Å²) in [7, 11) is 1.57. The van der Waals surface area contributed by atoms with Crippen LogP contribution in [0.15, 0.2) is 30.5 Å². The highest BCUT2D eigenvalue weighted by molar-refractivity contribution is 6.09. The first-order valence-electron chi connectivity index (χ1n) is 8.44. The number of carboxylic acid groups (broad SMARTS) is 1. The van der Waals surface area contributed by atoms with Crippen molar-refractivity contribution in [2.45, 2.75) is 27.3 Å². The predicted octanol–water partition coefficient (Wildman–Crippen LogP) is 2.54. The number of anilines is 1. The average molecular weight is 367 g/mol. The molecule has 2 heterocycles. The van der Waals surface area contributed by atoms with Crippen molar-refractivity contribution in [1.82, 2.24) is 19.6 Å². The molecule has 1 amide bonds. The molecular formula is C19H21N5O3. The molecule has 3 aromatic rings. The highest BCUT2D eigenvalue weighted by Crippen LogP contribution is 2.22. The fraction of sp³-hybridized carbons (Fsp3) is 0.263. The number of nitrogens with zero attached hydrogens (tertiary/aromatic N) is 4. The van der Waals surface area contributed by atoms with Crippen LogP contribution < -0.4 is 5.32 Å². The number of hydrogen-bond donors (Lipinski definition) is 2. The Morgan fingerprint density at radius 3 is 2.41 bits per heavy atom. The van der Waals surface area contributed by atoms with Gasteiger partial charge in [0, 0.05) is 13.2 Å². The summed E-state index contributed by atoms with van der Waals surface area (Å²) in [6, 6.07) is 8.16. The number of nitrogens with one attached hydrogen (secondary N) is 1. The van der Waals surface area contributed by atoms with Gasteiger partial charge in [0.1, 0.15) is 5.56 Å². The zero-order valence-corrected chi connectivity index (χ0v) is 15.6. The number of carbonyl (C=O) groups excluding carboxylic acids is 1. The summed E-state index contributed by atoms with van der Waals surface area (Å²) in [5.41, 5.74) is 4.02. The Morgan fingerprint density at radius 1 is 1.11 bits per heavy atom. The second-order valence-electron chi connectivity index (χ2n) is 6.51. The van der Waals surface area contributed by atoms with Crippen molar-refractivity contribution in [3.63, 3.8) is 0 Å². The first kappa shape index (κ1) is 18.4. The molecule has 0 fully saturated rings. The molecule has 0 atom stereocenters. The highest BCUT2D eigenvalue weighted by atomic mass is 16.4. The van der Waals surface area contributed by atoms with Crippen molar-refractivity contribution >= 4 is 17.6 Å². The molecule has 3 rings (SSSR count). The van der Waals surface area contributed by atoms with Crippen LogP contribution in [0.4, 0.5) is 5.69 Å². The normalized spacial score (nSPS) is 10.8. The van der Waals surface area contributed by atoms with Gasteiger partial charge in [-0.2, -0.15) is 10.2 Å². The SMILES string of the molecule is Cc1ccc(Cn2nc(C)c(NC(=O)c3nn(C)cc3C(=O)O)c2C)cc1. The van der Waals surface area contributed by atoms with Gasteiger partial charge in [0.05, 0.1) is 23.6 Å². The fourth-order valence-corrected chi connectivity index (χ4v) is 2.88. The zero-order valence-electron chi connectivity index (χ0n) is 15.6. The number of carboxylic acids is 1. The van der Waals surface area contributed by atoms with E-state index in [2.05, 4.69) is 15.5 Å². The second-order valence-corrected chi connectivity index (χ2v) is 6.51. The maximum absolute atomic E-state index is 12.6. The lowest BCUT2D eigenvalue weighted by molar-refractivity contribution is 0.0692. The van der Waals surface area contributed by atoms with Gasteiger partial charge in [-0.15, -0.1) is 0 Å². The molecule has 27 heavy (non-hydrogen) atoms. The number of benzene rings is 1. The lowest BCUT2D eigenvalue weighted by Gasteiger charge is -2.07. The van der Waals surface area contributed by atoms with Crippen molar-refractivity contribution in [2.24, 2.45) is 7.05 Å². The van der Waals surface area contributed by atoms with Crippen LogP contribution in [0.25, 0.3) is 0 Å². The molecule has 1 aromatic carbocycles. The first-order valence-corrected chi connectivity index (χ1v) is 8.44. The minimum Gasteiger partial charge on any atom is -0.478 e. The molecule has 0 unspecified atom stereocenters. The summed E-state index contributed by atoms with van der Waals surface area (Å²) < 4.78 is 3.12. The van der Waals surface area contributed by atoms with E-state index < -0.39 is 11.9 Å². The third kappa shape index (κ3) is 3.74. The molecule has 0 spiro atoms. The first-order chi connectivity index (χ1) is 12.8. The second kappa shape index (κ2) is 7.06. The molecule has 0 bridgehead atoms. The van der Waals surface area contributed by atoms with Gasteiger partial charge < -0.3 is 10.4 Å². The van der Waals surface area contributed by atoms with Crippen LogP contribution >= 0.6 is 0 Å². The maximum Gasteiger partial charge on any atom is 0.339 e. The van der Waals surface area contributed by atoms with Gasteiger partial charge in [0.15, 0.2) is 5.69 Å². The molecule has 0 aliphatic rings. The summed E-state index contributed by atoms with van der Waals surface area (Å²) in [5.74, 6) is -1.77. The molecule has 0 aliphatic heterocycles. The van der Waals surface area contributed by atoms with Crippen molar-refractivity contribution < 1.29 is 14.7 Å². The largest absolute Gasteiger partial charge is 0.478 e. The van der Waals surface area contributed by atoms with E-state index in [1.165, 1.54) is 16.4 Å². The van der Waals surface area contributed by atoms with E-state index in [0.717, 1.165) is 11.3 Å². The Labute approximate surface area is 156 Å². The monoisotopic (exact) mass is 367 g/mol. The van der Waals surface area contributed by atoms with E-state index in [9.17, 15) is 14.7 Å². The maximum atomic E-state index is 12.6. The number of hydrogen-bond acceptors (Lipinski definition) is 4. The number of amides is 1. The summed E-state index contributed by atoms with van der Waals surface area (Å²) in [6.07, 6.45) is 1.30. The third-order valence-corrected chi connectivity index (χ3v) is 4.35. The molecule has 0 radical (unpaired) electrons. The fourth-order valence-electron chi connectivity index (χ4n) is 2.88. The van der Waals surface area contributed by atoms with E-state index in [0.29, 0.717) is 17.9 Å². The van der Waals surface area contributed by atoms with Gasteiger partial charge in [-0.05, 0) is 26.3 Å². The number of aromatic carboxylic acids is 1. The van der Waals surface area contributed by atoms with E-state index in [1.807, 2.05) is 42.8 Å². The van der Waals surface area contributed by atoms with Crippen LogP contribution in [-0.4, -0.2) is 36.5 Å². The number of carbonyl (C=O) groups is 2. The van der Waals surface area contributed by atoms with E-state index in [-0.39, 0.29) is 11.3 Å². The Balaban J connectivity index is 1.85. The Hall–Kier alpha value is -3.42. The highest BCUT2D eigenvalue weighted by Gasteiger charge is 2.23. The molecule has 2 N–H and O–H groups in total. The van der Waals surface area contributed by atoms with Gasteiger partial charge in [-0.25, -0.2) is 4.79 Å². The lowest BCUT2D eigenvalue weighted by atomic mass is 10.1. The minimum atomic E-state index is -1.20. The van der Waals surface area contributed by atoms with Crippen LogP contribution in [0.3, 0.4) is 0 Å². The van der Waals surface area contributed by atoms with E-state index in [1.54, 1.807) is 14.0 Å². The van der Waals surface area contributed by atoms with Crippen LogP contribution in [0.1, 0.15) is 43.4 Å². The quantitative estimate of drug-likeness (QED) is 0.721.